The lowest BCUT2D eigenvalue weighted by molar-refractivity contribution is 0.351. The van der Waals surface area contributed by atoms with Crippen LogP contribution >= 0.6 is 0 Å². The van der Waals surface area contributed by atoms with Crippen molar-refractivity contribution in [1.82, 2.24) is 9.97 Å². The highest BCUT2D eigenvalue weighted by molar-refractivity contribution is 5.73. The number of methoxy groups -OCH3 is 2. The first-order valence-corrected chi connectivity index (χ1v) is 3.99. The Hall–Kier alpha value is -1.84. The number of hydrogen-bond donors (Lipinski definition) is 0. The molecule has 0 bridgehead atoms. The maximum atomic E-state index is 5.07. The molecule has 0 spiro atoms. The van der Waals surface area contributed by atoms with Crippen molar-refractivity contribution in [2.24, 2.45) is 0 Å². The van der Waals surface area contributed by atoms with Crippen LogP contribution in [0, 0.1) is 0 Å². The van der Waals surface area contributed by atoms with Gasteiger partial charge in [0.05, 0.1) is 19.8 Å². The van der Waals surface area contributed by atoms with Crippen molar-refractivity contribution in [2.45, 2.75) is 0 Å². The van der Waals surface area contributed by atoms with Crippen LogP contribution in [0.2, 0.25) is 0 Å². The first-order chi connectivity index (χ1) is 6.72. The number of nitrogens with zero attached hydrogens (tertiary/aromatic N) is 2. The van der Waals surface area contributed by atoms with Crippen LogP contribution < -0.4 is 9.47 Å². The summed E-state index contributed by atoms with van der Waals surface area (Å²) in [4.78, 5) is 7.97. The molecule has 0 unspecified atom stereocenters. The largest absolute Gasteiger partial charge is 0.480 e. The SMILES string of the molecule is C=CC(=C)c1cnc(OC)nc1OC. The minimum Gasteiger partial charge on any atom is -0.480 e. The number of allylic oxidation sites excluding steroid dienone is 2. The molecule has 0 saturated carbocycles. The fourth-order valence-electron chi connectivity index (χ4n) is 0.935. The van der Waals surface area contributed by atoms with E-state index in [0.717, 1.165) is 0 Å². The van der Waals surface area contributed by atoms with Gasteiger partial charge in [0.15, 0.2) is 0 Å². The molecule has 1 aromatic heterocycles. The van der Waals surface area contributed by atoms with Crippen molar-refractivity contribution in [3.8, 4) is 11.9 Å². The van der Waals surface area contributed by atoms with E-state index in [2.05, 4.69) is 23.1 Å². The van der Waals surface area contributed by atoms with Crippen LogP contribution in [0.5, 0.6) is 11.9 Å². The van der Waals surface area contributed by atoms with Crippen molar-refractivity contribution in [1.29, 1.82) is 0 Å². The van der Waals surface area contributed by atoms with Crippen molar-refractivity contribution in [2.75, 3.05) is 14.2 Å². The second kappa shape index (κ2) is 4.41. The summed E-state index contributed by atoms with van der Waals surface area (Å²) in [6.45, 7) is 7.40. The van der Waals surface area contributed by atoms with Gasteiger partial charge in [0.1, 0.15) is 0 Å². The molecular weight excluding hydrogens is 180 g/mol. The molecule has 0 radical (unpaired) electrons. The second-order valence-corrected chi connectivity index (χ2v) is 2.51. The van der Waals surface area contributed by atoms with E-state index in [1.54, 1.807) is 12.3 Å². The number of aromatic nitrogens is 2. The van der Waals surface area contributed by atoms with Crippen LogP contribution in [-0.2, 0) is 0 Å². The molecule has 0 atom stereocenters. The molecule has 1 rings (SSSR count). The Kier molecular flexibility index (Phi) is 3.23. The monoisotopic (exact) mass is 192 g/mol. The average molecular weight is 192 g/mol. The summed E-state index contributed by atoms with van der Waals surface area (Å²) in [5.74, 6) is 0.432. The fraction of sp³-hybridized carbons (Fsp3) is 0.200. The minimum absolute atomic E-state index is 0.266. The van der Waals surface area contributed by atoms with Gasteiger partial charge in [-0.2, -0.15) is 4.98 Å². The minimum atomic E-state index is 0.266. The first-order valence-electron chi connectivity index (χ1n) is 3.99. The molecule has 4 nitrogen and oxygen atoms in total. The summed E-state index contributed by atoms with van der Waals surface area (Å²) in [5.41, 5.74) is 1.42. The second-order valence-electron chi connectivity index (χ2n) is 2.51. The lowest BCUT2D eigenvalue weighted by Crippen LogP contribution is -1.98. The van der Waals surface area contributed by atoms with E-state index in [0.29, 0.717) is 17.0 Å². The Balaban J connectivity index is 3.17. The Morgan fingerprint density at radius 1 is 1.43 bits per heavy atom. The van der Waals surface area contributed by atoms with E-state index in [-0.39, 0.29) is 6.01 Å². The van der Waals surface area contributed by atoms with Crippen molar-refractivity contribution >= 4 is 5.57 Å². The van der Waals surface area contributed by atoms with E-state index in [9.17, 15) is 0 Å². The molecule has 1 heterocycles. The van der Waals surface area contributed by atoms with Gasteiger partial charge in [-0.25, -0.2) is 4.98 Å². The maximum absolute atomic E-state index is 5.07. The highest BCUT2D eigenvalue weighted by atomic mass is 16.5. The van der Waals surface area contributed by atoms with Gasteiger partial charge in [-0.15, -0.1) is 0 Å². The van der Waals surface area contributed by atoms with Gasteiger partial charge >= 0.3 is 6.01 Å². The highest BCUT2D eigenvalue weighted by Crippen LogP contribution is 2.23. The topological polar surface area (TPSA) is 44.2 Å². The zero-order chi connectivity index (χ0) is 10.6. The van der Waals surface area contributed by atoms with E-state index < -0.39 is 0 Å². The van der Waals surface area contributed by atoms with Gasteiger partial charge in [0, 0.05) is 6.20 Å². The van der Waals surface area contributed by atoms with Crippen LogP contribution in [0.15, 0.2) is 25.4 Å². The number of hydrogen-bond acceptors (Lipinski definition) is 4. The third kappa shape index (κ3) is 1.90. The third-order valence-electron chi connectivity index (χ3n) is 1.70. The fourth-order valence-corrected chi connectivity index (χ4v) is 0.935. The van der Waals surface area contributed by atoms with E-state index in [4.69, 9.17) is 9.47 Å². The van der Waals surface area contributed by atoms with Crippen LogP contribution in [0.25, 0.3) is 5.57 Å². The van der Waals surface area contributed by atoms with Gasteiger partial charge in [-0.1, -0.05) is 19.2 Å². The summed E-state index contributed by atoms with van der Waals surface area (Å²) in [6.07, 6.45) is 3.21. The predicted octanol–water partition coefficient (Wildman–Crippen LogP) is 1.69. The Morgan fingerprint density at radius 3 is 2.64 bits per heavy atom. The van der Waals surface area contributed by atoms with Crippen molar-refractivity contribution in [3.05, 3.63) is 31.0 Å². The maximum Gasteiger partial charge on any atom is 0.319 e. The zero-order valence-corrected chi connectivity index (χ0v) is 8.28. The highest BCUT2D eigenvalue weighted by Gasteiger charge is 2.08. The molecule has 0 aliphatic heterocycles. The summed E-state index contributed by atoms with van der Waals surface area (Å²) in [5, 5.41) is 0. The molecule has 0 saturated heterocycles. The number of rotatable bonds is 4. The van der Waals surface area contributed by atoms with Gasteiger partial charge in [0.25, 0.3) is 0 Å². The normalized spacial score (nSPS) is 9.29. The molecule has 0 N–H and O–H groups in total. The molecule has 0 aromatic carbocycles. The molecule has 0 amide bonds. The zero-order valence-electron chi connectivity index (χ0n) is 8.28. The van der Waals surface area contributed by atoms with Crippen LogP contribution in [0.1, 0.15) is 5.56 Å². The van der Waals surface area contributed by atoms with Crippen molar-refractivity contribution < 1.29 is 9.47 Å². The predicted molar refractivity (Wildman–Crippen MR) is 54.4 cm³/mol. The smallest absolute Gasteiger partial charge is 0.319 e. The van der Waals surface area contributed by atoms with Crippen LogP contribution in [0.3, 0.4) is 0 Å². The lowest BCUT2D eigenvalue weighted by atomic mass is 10.1. The van der Waals surface area contributed by atoms with E-state index >= 15 is 0 Å². The first kappa shape index (κ1) is 10.2. The standard InChI is InChI=1S/C10H12N2O2/c1-5-7(2)8-6-11-10(14-4)12-9(8)13-3/h5-6H,1-2H2,3-4H3. The van der Waals surface area contributed by atoms with Gasteiger partial charge in [-0.05, 0) is 5.57 Å². The van der Waals surface area contributed by atoms with E-state index in [1.165, 1.54) is 14.2 Å². The number of ether oxygens (including phenoxy) is 2. The van der Waals surface area contributed by atoms with Gasteiger partial charge < -0.3 is 9.47 Å². The summed E-state index contributed by atoms with van der Waals surface area (Å²) < 4.78 is 9.94. The quantitative estimate of drug-likeness (QED) is 0.681. The third-order valence-corrected chi connectivity index (χ3v) is 1.70. The molecule has 14 heavy (non-hydrogen) atoms. The van der Waals surface area contributed by atoms with Crippen LogP contribution in [-0.4, -0.2) is 24.2 Å². The summed E-state index contributed by atoms with van der Waals surface area (Å²) in [7, 11) is 3.03. The Morgan fingerprint density at radius 2 is 2.14 bits per heavy atom. The summed E-state index contributed by atoms with van der Waals surface area (Å²) >= 11 is 0. The molecule has 1 aromatic rings. The Bertz CT molecular complexity index is 361. The molecule has 0 aliphatic rings. The molecular formula is C10H12N2O2. The molecule has 74 valence electrons. The Labute approximate surface area is 82.9 Å². The lowest BCUT2D eigenvalue weighted by Gasteiger charge is -2.07. The van der Waals surface area contributed by atoms with Crippen molar-refractivity contribution in [3.63, 3.8) is 0 Å². The molecule has 0 aliphatic carbocycles. The molecule has 4 heteroatoms. The van der Waals surface area contributed by atoms with Crippen LogP contribution in [0.4, 0.5) is 0 Å². The van der Waals surface area contributed by atoms with Gasteiger partial charge in [0.2, 0.25) is 5.88 Å². The average Bonchev–Trinajstić information content (AvgIpc) is 2.27. The van der Waals surface area contributed by atoms with E-state index in [1.807, 2.05) is 0 Å². The van der Waals surface area contributed by atoms with Gasteiger partial charge in [-0.3, -0.25) is 0 Å². The summed E-state index contributed by atoms with van der Waals surface area (Å²) in [6, 6.07) is 0.266. The molecule has 0 fully saturated rings.